The van der Waals surface area contributed by atoms with Crippen LogP contribution in [0, 0.1) is 18.8 Å². The van der Waals surface area contributed by atoms with Crippen molar-refractivity contribution in [1.82, 2.24) is 4.98 Å². The van der Waals surface area contributed by atoms with Crippen molar-refractivity contribution in [2.24, 2.45) is 11.8 Å². The van der Waals surface area contributed by atoms with Crippen LogP contribution in [0.5, 0.6) is 5.75 Å². The van der Waals surface area contributed by atoms with Crippen LogP contribution in [0.3, 0.4) is 0 Å². The monoisotopic (exact) mass is 220 g/mol. The van der Waals surface area contributed by atoms with E-state index >= 15 is 0 Å². The maximum Gasteiger partial charge on any atom is 0.142 e. The zero-order chi connectivity index (χ0) is 11.7. The molecule has 0 saturated carbocycles. The summed E-state index contributed by atoms with van der Waals surface area (Å²) in [7, 11) is 1.70. The smallest absolute Gasteiger partial charge is 0.142 e. The molecule has 1 saturated heterocycles. The average molecular weight is 220 g/mol. The molecule has 88 valence electrons. The number of aromatic nitrogens is 1. The number of pyridine rings is 1. The Balaban J connectivity index is 2.06. The minimum Gasteiger partial charge on any atom is -0.495 e. The van der Waals surface area contributed by atoms with E-state index in [2.05, 4.69) is 29.8 Å². The lowest BCUT2D eigenvalue weighted by Crippen LogP contribution is -2.49. The van der Waals surface area contributed by atoms with E-state index in [4.69, 9.17) is 4.74 Å². The fraction of sp³-hybridized carbons (Fsp3) is 0.615. The van der Waals surface area contributed by atoms with E-state index in [1.165, 1.54) is 5.69 Å². The summed E-state index contributed by atoms with van der Waals surface area (Å²) in [6.07, 6.45) is 1.94. The molecule has 1 fully saturated rings. The molecule has 0 amide bonds. The zero-order valence-electron chi connectivity index (χ0n) is 10.5. The normalized spacial score (nSPS) is 16.4. The van der Waals surface area contributed by atoms with E-state index in [1.807, 2.05) is 13.1 Å². The summed E-state index contributed by atoms with van der Waals surface area (Å²) in [5.74, 6) is 2.48. The highest BCUT2D eigenvalue weighted by Gasteiger charge is 2.29. The molecule has 0 aliphatic carbocycles. The van der Waals surface area contributed by atoms with Crippen molar-refractivity contribution < 1.29 is 4.74 Å². The molecule has 3 heteroatoms. The summed E-state index contributed by atoms with van der Waals surface area (Å²) >= 11 is 0. The summed E-state index contributed by atoms with van der Waals surface area (Å²) in [6.45, 7) is 8.83. The van der Waals surface area contributed by atoms with Gasteiger partial charge in [0.15, 0.2) is 0 Å². The Labute approximate surface area is 97.4 Å². The fourth-order valence-corrected chi connectivity index (χ4v) is 2.03. The number of nitrogens with zero attached hydrogens (tertiary/aromatic N) is 2. The van der Waals surface area contributed by atoms with Crippen molar-refractivity contribution in [2.45, 2.75) is 20.8 Å². The van der Waals surface area contributed by atoms with E-state index in [1.54, 1.807) is 7.11 Å². The van der Waals surface area contributed by atoms with Crippen LogP contribution in [0.1, 0.15) is 19.5 Å². The molecule has 0 N–H and O–H groups in total. The molecule has 1 aromatic heterocycles. The maximum absolute atomic E-state index is 5.29. The first-order chi connectivity index (χ1) is 7.61. The Hall–Kier alpha value is -1.25. The quantitative estimate of drug-likeness (QED) is 0.782. The summed E-state index contributed by atoms with van der Waals surface area (Å²) in [4.78, 5) is 6.72. The van der Waals surface area contributed by atoms with E-state index < -0.39 is 0 Å². The number of anilines is 1. The number of hydrogen-bond acceptors (Lipinski definition) is 3. The molecule has 0 radical (unpaired) electrons. The van der Waals surface area contributed by atoms with E-state index in [0.29, 0.717) is 0 Å². The van der Waals surface area contributed by atoms with Gasteiger partial charge in [-0.1, -0.05) is 13.8 Å². The minimum absolute atomic E-state index is 0.775. The van der Waals surface area contributed by atoms with Gasteiger partial charge in [0, 0.05) is 19.2 Å². The highest BCUT2D eigenvalue weighted by Crippen LogP contribution is 2.31. The predicted molar refractivity (Wildman–Crippen MR) is 66.1 cm³/mol. The van der Waals surface area contributed by atoms with Crippen molar-refractivity contribution in [2.75, 3.05) is 25.1 Å². The molecule has 2 heterocycles. The average Bonchev–Trinajstić information content (AvgIpc) is 2.17. The minimum atomic E-state index is 0.775. The zero-order valence-corrected chi connectivity index (χ0v) is 10.5. The number of methoxy groups -OCH3 is 1. The predicted octanol–water partition coefficient (Wildman–Crippen LogP) is 2.49. The standard InChI is InChI=1S/C13H20N2O/c1-9(2)11-7-15(8-11)12-5-13(16-4)10(3)14-6-12/h5-6,9,11H,7-8H2,1-4H3. The third kappa shape index (κ3) is 1.99. The molecule has 0 aromatic carbocycles. The summed E-state index contributed by atoms with van der Waals surface area (Å²) in [6, 6.07) is 2.08. The maximum atomic E-state index is 5.29. The van der Waals surface area contributed by atoms with Gasteiger partial charge in [0.2, 0.25) is 0 Å². The van der Waals surface area contributed by atoms with Crippen LogP contribution in [0.25, 0.3) is 0 Å². The van der Waals surface area contributed by atoms with Gasteiger partial charge in [0.05, 0.1) is 24.7 Å². The van der Waals surface area contributed by atoms with Crippen LogP contribution in [0.15, 0.2) is 12.3 Å². The molecule has 1 aliphatic rings. The van der Waals surface area contributed by atoms with Gasteiger partial charge in [-0.15, -0.1) is 0 Å². The second-order valence-corrected chi connectivity index (χ2v) is 4.89. The van der Waals surface area contributed by atoms with Crippen LogP contribution >= 0.6 is 0 Å². The Morgan fingerprint density at radius 3 is 2.69 bits per heavy atom. The molecule has 16 heavy (non-hydrogen) atoms. The summed E-state index contributed by atoms with van der Waals surface area (Å²) < 4.78 is 5.29. The number of ether oxygens (including phenoxy) is 1. The first-order valence-electron chi connectivity index (χ1n) is 5.87. The van der Waals surface area contributed by atoms with Crippen molar-refractivity contribution in [3.05, 3.63) is 18.0 Å². The molecule has 1 aliphatic heterocycles. The Morgan fingerprint density at radius 2 is 2.12 bits per heavy atom. The molecule has 2 rings (SSSR count). The number of rotatable bonds is 3. The Kier molecular flexibility index (Phi) is 3.03. The van der Waals surface area contributed by atoms with Crippen LogP contribution in [-0.4, -0.2) is 25.2 Å². The van der Waals surface area contributed by atoms with Crippen LogP contribution in [0.2, 0.25) is 0 Å². The lowest BCUT2D eigenvalue weighted by atomic mass is 9.88. The molecule has 0 atom stereocenters. The van der Waals surface area contributed by atoms with Gasteiger partial charge in [0.25, 0.3) is 0 Å². The third-order valence-corrected chi connectivity index (χ3v) is 3.46. The molecule has 3 nitrogen and oxygen atoms in total. The summed E-state index contributed by atoms with van der Waals surface area (Å²) in [5, 5.41) is 0. The van der Waals surface area contributed by atoms with Crippen molar-refractivity contribution in [1.29, 1.82) is 0 Å². The van der Waals surface area contributed by atoms with Gasteiger partial charge in [0.1, 0.15) is 5.75 Å². The van der Waals surface area contributed by atoms with Crippen molar-refractivity contribution >= 4 is 5.69 Å². The van der Waals surface area contributed by atoms with E-state index in [-0.39, 0.29) is 0 Å². The SMILES string of the molecule is COc1cc(N2CC(C(C)C)C2)cnc1C. The number of hydrogen-bond donors (Lipinski definition) is 0. The van der Waals surface area contributed by atoms with Gasteiger partial charge in [-0.3, -0.25) is 4.98 Å². The topological polar surface area (TPSA) is 25.4 Å². The van der Waals surface area contributed by atoms with E-state index in [0.717, 1.165) is 36.4 Å². The Bertz CT molecular complexity index is 370. The highest BCUT2D eigenvalue weighted by molar-refractivity contribution is 5.52. The lowest BCUT2D eigenvalue weighted by Gasteiger charge is -2.43. The molecule has 0 unspecified atom stereocenters. The van der Waals surface area contributed by atoms with Crippen LogP contribution in [-0.2, 0) is 0 Å². The third-order valence-electron chi connectivity index (χ3n) is 3.46. The summed E-state index contributed by atoms with van der Waals surface area (Å²) in [5.41, 5.74) is 2.13. The van der Waals surface area contributed by atoms with Crippen LogP contribution in [0.4, 0.5) is 5.69 Å². The van der Waals surface area contributed by atoms with Gasteiger partial charge in [-0.2, -0.15) is 0 Å². The van der Waals surface area contributed by atoms with Crippen LogP contribution < -0.4 is 9.64 Å². The van der Waals surface area contributed by atoms with E-state index in [9.17, 15) is 0 Å². The van der Waals surface area contributed by atoms with Crippen molar-refractivity contribution in [3.8, 4) is 5.75 Å². The second-order valence-electron chi connectivity index (χ2n) is 4.89. The first kappa shape index (κ1) is 11.2. The molecule has 0 bridgehead atoms. The van der Waals surface area contributed by atoms with Gasteiger partial charge >= 0.3 is 0 Å². The van der Waals surface area contributed by atoms with Gasteiger partial charge in [-0.25, -0.2) is 0 Å². The lowest BCUT2D eigenvalue weighted by molar-refractivity contribution is 0.309. The fourth-order valence-electron chi connectivity index (χ4n) is 2.03. The molecule has 1 aromatic rings. The largest absolute Gasteiger partial charge is 0.495 e. The number of aryl methyl sites for hydroxylation is 1. The molecular formula is C13H20N2O. The second kappa shape index (κ2) is 4.32. The Morgan fingerprint density at radius 1 is 1.44 bits per heavy atom. The first-order valence-corrected chi connectivity index (χ1v) is 5.87. The molecule has 0 spiro atoms. The highest BCUT2D eigenvalue weighted by atomic mass is 16.5. The van der Waals surface area contributed by atoms with Gasteiger partial charge < -0.3 is 9.64 Å². The van der Waals surface area contributed by atoms with Crippen molar-refractivity contribution in [3.63, 3.8) is 0 Å². The molecular weight excluding hydrogens is 200 g/mol. The van der Waals surface area contributed by atoms with Gasteiger partial charge in [-0.05, 0) is 18.8 Å².